The first kappa shape index (κ1) is 17.3. The van der Waals surface area contributed by atoms with Gasteiger partial charge in [-0.15, -0.1) is 0 Å². The number of fused-ring (bicyclic) bond motifs is 1. The first-order valence-corrected chi connectivity index (χ1v) is 9.19. The van der Waals surface area contributed by atoms with E-state index < -0.39 is 0 Å². The second-order valence-electron chi connectivity index (χ2n) is 6.91. The van der Waals surface area contributed by atoms with Gasteiger partial charge in [0.05, 0.1) is 11.9 Å². The number of likely N-dealkylation sites (N-methyl/N-ethyl adjacent to an activating group) is 1. The number of H-pyrrole nitrogens is 1. The molecule has 0 unspecified atom stereocenters. The van der Waals surface area contributed by atoms with Gasteiger partial charge in [0.1, 0.15) is 5.65 Å². The Morgan fingerprint density at radius 3 is 2.89 bits per heavy atom. The number of hydrogen-bond acceptors (Lipinski definition) is 4. The first-order valence-electron chi connectivity index (χ1n) is 9.19. The van der Waals surface area contributed by atoms with Crippen molar-refractivity contribution in [3.8, 4) is 11.1 Å². The maximum Gasteiger partial charge on any atom is 0.245 e. The molecule has 1 N–H and O–H groups in total. The van der Waals surface area contributed by atoms with Gasteiger partial charge in [0.25, 0.3) is 0 Å². The number of anilines is 1. The molecule has 0 spiro atoms. The van der Waals surface area contributed by atoms with Gasteiger partial charge in [-0.2, -0.15) is 0 Å². The summed E-state index contributed by atoms with van der Waals surface area (Å²) >= 11 is 0. The molecule has 0 aliphatic carbocycles. The van der Waals surface area contributed by atoms with E-state index in [1.807, 2.05) is 31.7 Å². The van der Waals surface area contributed by atoms with Crippen molar-refractivity contribution in [3.63, 3.8) is 0 Å². The van der Waals surface area contributed by atoms with Crippen LogP contribution >= 0.6 is 0 Å². The van der Waals surface area contributed by atoms with Crippen LogP contribution in [0.4, 0.5) is 5.69 Å². The summed E-state index contributed by atoms with van der Waals surface area (Å²) < 4.78 is 0. The summed E-state index contributed by atoms with van der Waals surface area (Å²) in [5.74, 6) is -0.00929. The summed E-state index contributed by atoms with van der Waals surface area (Å²) in [4.78, 5) is 28.0. The van der Waals surface area contributed by atoms with Gasteiger partial charge in [-0.25, -0.2) is 4.98 Å². The lowest BCUT2D eigenvalue weighted by Gasteiger charge is -2.37. The van der Waals surface area contributed by atoms with Crippen LogP contribution in [0.3, 0.4) is 0 Å². The highest BCUT2D eigenvalue weighted by molar-refractivity contribution is 5.95. The number of pyridine rings is 2. The summed E-state index contributed by atoms with van der Waals surface area (Å²) in [6.45, 7) is 5.38. The average molecular weight is 361 g/mol. The van der Waals surface area contributed by atoms with Crippen molar-refractivity contribution in [1.82, 2.24) is 19.9 Å². The fourth-order valence-corrected chi connectivity index (χ4v) is 3.76. The lowest BCUT2D eigenvalue weighted by atomic mass is 10.0. The third kappa shape index (κ3) is 3.30. The van der Waals surface area contributed by atoms with Crippen molar-refractivity contribution in [1.29, 1.82) is 0 Å². The van der Waals surface area contributed by atoms with Crippen molar-refractivity contribution in [2.24, 2.45) is 0 Å². The maximum absolute atomic E-state index is 11.8. The van der Waals surface area contributed by atoms with Crippen LogP contribution in [0.2, 0.25) is 0 Å². The number of aromatic amines is 1. The first-order chi connectivity index (χ1) is 13.2. The van der Waals surface area contributed by atoms with Crippen LogP contribution in [-0.2, 0) is 4.79 Å². The van der Waals surface area contributed by atoms with Gasteiger partial charge >= 0.3 is 0 Å². The third-order valence-corrected chi connectivity index (χ3v) is 5.39. The summed E-state index contributed by atoms with van der Waals surface area (Å²) in [5.41, 5.74) is 4.18. The highest BCUT2D eigenvalue weighted by Crippen LogP contribution is 2.31. The van der Waals surface area contributed by atoms with E-state index in [0.29, 0.717) is 0 Å². The minimum absolute atomic E-state index is 0.00929. The molecule has 6 nitrogen and oxygen atoms in total. The molecule has 4 rings (SSSR count). The predicted octanol–water partition coefficient (Wildman–Crippen LogP) is 3.24. The number of aromatic nitrogens is 3. The molecule has 4 heterocycles. The molecule has 0 aromatic carbocycles. The van der Waals surface area contributed by atoms with Gasteiger partial charge in [0, 0.05) is 61.3 Å². The largest absolute Gasteiger partial charge is 0.370 e. The molecule has 0 saturated carbocycles. The Morgan fingerprint density at radius 2 is 2.19 bits per heavy atom. The fourth-order valence-electron chi connectivity index (χ4n) is 3.76. The quantitative estimate of drug-likeness (QED) is 0.725. The van der Waals surface area contributed by atoms with Crippen LogP contribution in [0.5, 0.6) is 0 Å². The van der Waals surface area contributed by atoms with E-state index in [1.165, 1.54) is 6.08 Å². The average Bonchev–Trinajstić information content (AvgIpc) is 3.16. The zero-order valence-corrected chi connectivity index (χ0v) is 15.4. The number of rotatable bonds is 4. The second kappa shape index (κ2) is 7.23. The number of carbonyl (C=O) groups is 1. The highest BCUT2D eigenvalue weighted by Gasteiger charge is 2.25. The molecule has 1 aliphatic heterocycles. The van der Waals surface area contributed by atoms with E-state index >= 15 is 0 Å². The van der Waals surface area contributed by atoms with E-state index in [4.69, 9.17) is 0 Å². The molecular weight excluding hydrogens is 338 g/mol. The van der Waals surface area contributed by atoms with Crippen molar-refractivity contribution in [2.75, 3.05) is 25.0 Å². The SMILES string of the molecule is C=CC(=O)N(C)C1CCN(c2cnc3[nH]cc(-c4cccnc4)c3c2)CC1. The predicted molar refractivity (Wildman–Crippen MR) is 108 cm³/mol. The van der Waals surface area contributed by atoms with Gasteiger partial charge in [0.2, 0.25) is 5.91 Å². The summed E-state index contributed by atoms with van der Waals surface area (Å²) in [7, 11) is 1.86. The molecule has 6 heteroatoms. The Morgan fingerprint density at radius 1 is 1.37 bits per heavy atom. The Labute approximate surface area is 158 Å². The molecule has 138 valence electrons. The summed E-state index contributed by atoms with van der Waals surface area (Å²) in [6, 6.07) is 6.46. The molecule has 1 fully saturated rings. The van der Waals surface area contributed by atoms with Gasteiger partial charge in [-0.1, -0.05) is 12.6 Å². The molecule has 1 aliphatic rings. The number of hydrogen-bond donors (Lipinski definition) is 1. The Hall–Kier alpha value is -3.15. The van der Waals surface area contributed by atoms with Crippen molar-refractivity contribution in [3.05, 3.63) is 55.6 Å². The number of carbonyl (C=O) groups excluding carboxylic acids is 1. The van der Waals surface area contributed by atoms with Crippen LogP contribution in [0.1, 0.15) is 12.8 Å². The molecule has 3 aromatic rings. The van der Waals surface area contributed by atoms with Gasteiger partial charge in [0.15, 0.2) is 0 Å². The Balaban J connectivity index is 1.55. The molecule has 0 radical (unpaired) electrons. The summed E-state index contributed by atoms with van der Waals surface area (Å²) in [6.07, 6.45) is 10.8. The van der Waals surface area contributed by atoms with E-state index in [0.717, 1.165) is 53.8 Å². The fraction of sp³-hybridized carbons (Fsp3) is 0.286. The lowest BCUT2D eigenvalue weighted by molar-refractivity contribution is -0.127. The van der Waals surface area contributed by atoms with Crippen LogP contribution in [0.25, 0.3) is 22.2 Å². The molecule has 0 atom stereocenters. The number of amides is 1. The van der Waals surface area contributed by atoms with Crippen LogP contribution in [0.15, 0.2) is 55.6 Å². The van der Waals surface area contributed by atoms with Crippen LogP contribution in [-0.4, -0.2) is 51.9 Å². The zero-order chi connectivity index (χ0) is 18.8. The normalized spacial score (nSPS) is 15.1. The molecular formula is C21H23N5O. The molecule has 1 amide bonds. The lowest BCUT2D eigenvalue weighted by Crippen LogP contribution is -2.45. The smallest absolute Gasteiger partial charge is 0.245 e. The zero-order valence-electron chi connectivity index (χ0n) is 15.4. The molecule has 27 heavy (non-hydrogen) atoms. The van der Waals surface area contributed by atoms with Crippen LogP contribution in [0, 0.1) is 0 Å². The van der Waals surface area contributed by atoms with E-state index in [9.17, 15) is 4.79 Å². The Kier molecular flexibility index (Phi) is 4.62. The van der Waals surface area contributed by atoms with Crippen LogP contribution < -0.4 is 4.90 Å². The minimum atomic E-state index is -0.00929. The van der Waals surface area contributed by atoms with Crippen molar-refractivity contribution in [2.45, 2.75) is 18.9 Å². The molecule has 1 saturated heterocycles. The van der Waals surface area contributed by atoms with Crippen molar-refractivity contribution >= 4 is 22.6 Å². The topological polar surface area (TPSA) is 65.1 Å². The monoisotopic (exact) mass is 361 g/mol. The minimum Gasteiger partial charge on any atom is -0.370 e. The van der Waals surface area contributed by atoms with Gasteiger partial charge < -0.3 is 14.8 Å². The highest BCUT2D eigenvalue weighted by atomic mass is 16.2. The molecule has 3 aromatic heterocycles. The summed E-state index contributed by atoms with van der Waals surface area (Å²) in [5, 5.41) is 1.10. The number of piperidine rings is 1. The second-order valence-corrected chi connectivity index (χ2v) is 6.91. The maximum atomic E-state index is 11.8. The van der Waals surface area contributed by atoms with Gasteiger partial charge in [-0.3, -0.25) is 9.78 Å². The number of nitrogens with zero attached hydrogens (tertiary/aromatic N) is 4. The van der Waals surface area contributed by atoms with Crippen molar-refractivity contribution < 1.29 is 4.79 Å². The van der Waals surface area contributed by atoms with E-state index in [-0.39, 0.29) is 11.9 Å². The standard InChI is InChI=1S/C21H23N5O/c1-3-20(27)25(2)16-6-9-26(10-7-16)17-11-18-19(14-24-21(18)23-13-17)15-5-4-8-22-12-15/h3-5,8,11-14,16H,1,6-7,9-10H2,2H3,(H,23,24). The molecule has 0 bridgehead atoms. The third-order valence-electron chi connectivity index (χ3n) is 5.39. The Bertz CT molecular complexity index is 957. The van der Waals surface area contributed by atoms with Gasteiger partial charge in [-0.05, 0) is 31.1 Å². The van der Waals surface area contributed by atoms with E-state index in [2.05, 4.69) is 38.6 Å². The number of nitrogens with one attached hydrogen (secondary N) is 1. The van der Waals surface area contributed by atoms with E-state index in [1.54, 1.807) is 11.1 Å².